The molecule has 13 heavy (non-hydrogen) atoms. The number of carbonyl (C=O) groups is 1. The summed E-state index contributed by atoms with van der Waals surface area (Å²) in [7, 11) is 0. The highest BCUT2D eigenvalue weighted by molar-refractivity contribution is 5.67. The molecule has 0 aromatic carbocycles. The van der Waals surface area contributed by atoms with Crippen molar-refractivity contribution in [1.82, 2.24) is 0 Å². The minimum absolute atomic E-state index is 0.318. The first-order valence-corrected chi connectivity index (χ1v) is 4.90. The zero-order valence-corrected chi connectivity index (χ0v) is 8.20. The lowest BCUT2D eigenvalue weighted by Crippen LogP contribution is -2.12. The van der Waals surface area contributed by atoms with E-state index in [9.17, 15) is 9.90 Å². The summed E-state index contributed by atoms with van der Waals surface area (Å²) in [6, 6.07) is 0. The number of aliphatic carboxylic acids is 1. The van der Waals surface area contributed by atoms with E-state index in [4.69, 9.17) is 6.48 Å². The van der Waals surface area contributed by atoms with E-state index < -0.39 is 18.5 Å². The van der Waals surface area contributed by atoms with E-state index in [2.05, 4.69) is 6.92 Å². The molecule has 0 aromatic rings. The third-order valence-corrected chi connectivity index (χ3v) is 1.88. The Kier molecular flexibility index (Phi) is 6.51. The summed E-state index contributed by atoms with van der Waals surface area (Å²) in [5, 5.41) is 17.7. The van der Waals surface area contributed by atoms with Gasteiger partial charge in [0.15, 0.2) is 0 Å². The second-order valence-electron chi connectivity index (χ2n) is 3.25. The van der Waals surface area contributed by atoms with Crippen molar-refractivity contribution in [3.8, 4) is 0 Å². The molecule has 0 fully saturated rings. The van der Waals surface area contributed by atoms with Crippen molar-refractivity contribution in [1.29, 1.82) is 0 Å². The van der Waals surface area contributed by atoms with Gasteiger partial charge in [0.25, 0.3) is 0 Å². The van der Waals surface area contributed by atoms with Crippen molar-refractivity contribution in [2.45, 2.75) is 57.9 Å². The van der Waals surface area contributed by atoms with E-state index in [0.717, 1.165) is 25.7 Å². The van der Waals surface area contributed by atoms with E-state index in [1.807, 2.05) is 0 Å². The van der Waals surface area contributed by atoms with Gasteiger partial charge >= 0.3 is 5.97 Å². The van der Waals surface area contributed by atoms with Crippen molar-refractivity contribution < 1.29 is 16.4 Å². The SMILES string of the molecule is [2H]C(CCCCCC)C(O)CC(=O)O. The fraction of sp³-hybridized carbons (Fsp3) is 0.900. The van der Waals surface area contributed by atoms with Gasteiger partial charge in [-0.25, -0.2) is 0 Å². The van der Waals surface area contributed by atoms with Gasteiger partial charge in [-0.15, -0.1) is 0 Å². The number of hydrogen-bond acceptors (Lipinski definition) is 2. The molecule has 0 spiro atoms. The highest BCUT2D eigenvalue weighted by atomic mass is 16.4. The normalized spacial score (nSPS) is 16.3. The summed E-state index contributed by atoms with van der Waals surface area (Å²) in [5.74, 6) is -1.04. The lowest BCUT2D eigenvalue weighted by molar-refractivity contribution is -0.139. The Hall–Kier alpha value is -0.570. The fourth-order valence-electron chi connectivity index (χ4n) is 1.14. The van der Waals surface area contributed by atoms with Crippen LogP contribution in [0.4, 0.5) is 0 Å². The Morgan fingerprint density at radius 2 is 2.00 bits per heavy atom. The molecule has 2 atom stereocenters. The van der Waals surface area contributed by atoms with Crippen LogP contribution in [0.5, 0.6) is 0 Å². The number of hydrogen-bond donors (Lipinski definition) is 2. The summed E-state index contributed by atoms with van der Waals surface area (Å²) in [4.78, 5) is 10.2. The lowest BCUT2D eigenvalue weighted by Gasteiger charge is -2.06. The first-order chi connectivity index (χ1) is 6.57. The topological polar surface area (TPSA) is 57.5 Å². The summed E-state index contributed by atoms with van der Waals surface area (Å²) < 4.78 is 7.49. The highest BCUT2D eigenvalue weighted by Gasteiger charge is 2.08. The molecule has 3 nitrogen and oxygen atoms in total. The van der Waals surface area contributed by atoms with Gasteiger partial charge in [0, 0.05) is 1.37 Å². The van der Waals surface area contributed by atoms with Crippen molar-refractivity contribution in [3.05, 3.63) is 0 Å². The first-order valence-electron chi connectivity index (χ1n) is 5.47. The Morgan fingerprint density at radius 1 is 1.38 bits per heavy atom. The minimum Gasteiger partial charge on any atom is -0.481 e. The van der Waals surface area contributed by atoms with E-state index in [0.29, 0.717) is 6.42 Å². The van der Waals surface area contributed by atoms with Crippen LogP contribution in [0.1, 0.15) is 53.2 Å². The average molecular weight is 189 g/mol. The largest absolute Gasteiger partial charge is 0.481 e. The summed E-state index contributed by atoms with van der Waals surface area (Å²) in [5.41, 5.74) is 0. The molecule has 0 saturated heterocycles. The molecule has 0 amide bonds. The van der Waals surface area contributed by atoms with Gasteiger partial charge in [-0.3, -0.25) is 4.79 Å². The zero-order chi connectivity index (χ0) is 11.0. The van der Waals surface area contributed by atoms with Gasteiger partial charge in [0.05, 0.1) is 12.5 Å². The van der Waals surface area contributed by atoms with Crippen LogP contribution in [0.2, 0.25) is 0 Å². The number of aliphatic hydroxyl groups excluding tert-OH is 1. The van der Waals surface area contributed by atoms with Gasteiger partial charge in [0.2, 0.25) is 0 Å². The Balaban J connectivity index is 3.51. The van der Waals surface area contributed by atoms with Crippen molar-refractivity contribution >= 4 is 5.97 Å². The smallest absolute Gasteiger partial charge is 0.305 e. The molecule has 0 bridgehead atoms. The van der Waals surface area contributed by atoms with Crippen molar-refractivity contribution in [2.24, 2.45) is 0 Å². The molecule has 0 aliphatic rings. The molecule has 0 heterocycles. The van der Waals surface area contributed by atoms with E-state index in [1.165, 1.54) is 0 Å². The molecule has 0 aromatic heterocycles. The first kappa shape index (κ1) is 10.5. The number of aliphatic hydroxyl groups is 1. The van der Waals surface area contributed by atoms with Gasteiger partial charge in [-0.1, -0.05) is 39.0 Å². The van der Waals surface area contributed by atoms with Crippen molar-refractivity contribution in [3.63, 3.8) is 0 Å². The number of carboxylic acids is 1. The van der Waals surface area contributed by atoms with E-state index >= 15 is 0 Å². The summed E-state index contributed by atoms with van der Waals surface area (Å²) >= 11 is 0. The molecular formula is C10H20O3. The van der Waals surface area contributed by atoms with Crippen LogP contribution in [-0.4, -0.2) is 22.3 Å². The number of unbranched alkanes of at least 4 members (excludes halogenated alkanes) is 3. The van der Waals surface area contributed by atoms with E-state index in [-0.39, 0.29) is 6.42 Å². The Labute approximate surface area is 81.2 Å². The number of rotatable bonds is 8. The Morgan fingerprint density at radius 3 is 2.54 bits per heavy atom. The highest BCUT2D eigenvalue weighted by Crippen LogP contribution is 2.08. The summed E-state index contributed by atoms with van der Waals surface area (Å²) in [6.07, 6.45) is 2.85. The van der Waals surface area contributed by atoms with Gasteiger partial charge < -0.3 is 10.2 Å². The molecule has 78 valence electrons. The zero-order valence-electron chi connectivity index (χ0n) is 9.20. The molecule has 0 aliphatic heterocycles. The van der Waals surface area contributed by atoms with Gasteiger partial charge in [-0.2, -0.15) is 0 Å². The third-order valence-electron chi connectivity index (χ3n) is 1.88. The molecule has 3 heteroatoms. The second kappa shape index (κ2) is 8.05. The molecule has 0 aliphatic carbocycles. The molecule has 2 unspecified atom stereocenters. The fourth-order valence-corrected chi connectivity index (χ4v) is 1.14. The van der Waals surface area contributed by atoms with Crippen LogP contribution in [-0.2, 0) is 4.79 Å². The van der Waals surface area contributed by atoms with Crippen LogP contribution < -0.4 is 0 Å². The van der Waals surface area contributed by atoms with Crippen LogP contribution in [0.25, 0.3) is 0 Å². The molecule has 0 saturated carbocycles. The van der Waals surface area contributed by atoms with Crippen molar-refractivity contribution in [2.75, 3.05) is 0 Å². The van der Waals surface area contributed by atoms with Crippen LogP contribution >= 0.6 is 0 Å². The Bertz CT molecular complexity index is 161. The van der Waals surface area contributed by atoms with E-state index in [1.54, 1.807) is 0 Å². The molecule has 2 N–H and O–H groups in total. The second-order valence-corrected chi connectivity index (χ2v) is 3.25. The lowest BCUT2D eigenvalue weighted by atomic mass is 10.1. The van der Waals surface area contributed by atoms with Gasteiger partial charge in [-0.05, 0) is 6.40 Å². The number of carboxylic acid groups (broad SMARTS) is 1. The van der Waals surface area contributed by atoms with Crippen LogP contribution in [0.15, 0.2) is 0 Å². The predicted octanol–water partition coefficient (Wildman–Crippen LogP) is 2.18. The monoisotopic (exact) mass is 189 g/mol. The average Bonchev–Trinajstić information content (AvgIpc) is 2.11. The molecule has 0 radical (unpaired) electrons. The predicted molar refractivity (Wildman–Crippen MR) is 51.6 cm³/mol. The minimum atomic E-state index is -1.04. The standard InChI is InChI=1S/C10H20O3/c1-2-3-4-5-6-7-9(11)8-10(12)13/h9,11H,2-8H2,1H3,(H,12,13)/i7D. The van der Waals surface area contributed by atoms with Gasteiger partial charge in [0.1, 0.15) is 0 Å². The maximum Gasteiger partial charge on any atom is 0.305 e. The van der Waals surface area contributed by atoms with Crippen LogP contribution in [0.3, 0.4) is 0 Å². The maximum atomic E-state index is 10.2. The van der Waals surface area contributed by atoms with Crippen LogP contribution in [0, 0.1) is 0 Å². The quantitative estimate of drug-likeness (QED) is 0.575. The molecule has 0 rings (SSSR count). The third kappa shape index (κ3) is 9.34. The maximum absolute atomic E-state index is 10.2. The molecular weight excluding hydrogens is 168 g/mol. The summed E-state index contributed by atoms with van der Waals surface area (Å²) in [6.45, 7) is 2.11.